The number of rotatable bonds is 5. The van der Waals surface area contributed by atoms with Gasteiger partial charge in [-0.2, -0.15) is 0 Å². The summed E-state index contributed by atoms with van der Waals surface area (Å²) in [6.45, 7) is 5.52. The van der Waals surface area contributed by atoms with Crippen molar-refractivity contribution in [3.8, 4) is 0 Å². The molecule has 4 heteroatoms. The molecule has 1 aliphatic rings. The normalized spacial score (nSPS) is 23.1. The van der Waals surface area contributed by atoms with E-state index in [1.165, 1.54) is 0 Å². The molecule has 0 bridgehead atoms. The van der Waals surface area contributed by atoms with E-state index in [0.29, 0.717) is 6.54 Å². The lowest BCUT2D eigenvalue weighted by Crippen LogP contribution is -2.61. The summed E-state index contributed by atoms with van der Waals surface area (Å²) in [6, 6.07) is 9.98. The molecule has 1 heterocycles. The largest absolute Gasteiger partial charge is 0.308 e. The SMILES string of the molecule is CCC1(CC)CN(CC(F)F)C(c2ccccc2)CN1. The van der Waals surface area contributed by atoms with Gasteiger partial charge in [-0.3, -0.25) is 4.90 Å². The molecule has 2 nitrogen and oxygen atoms in total. The second-order valence-corrected chi connectivity index (χ2v) is 5.62. The highest BCUT2D eigenvalue weighted by Gasteiger charge is 2.38. The Balaban J connectivity index is 2.20. The Labute approximate surface area is 120 Å². The van der Waals surface area contributed by atoms with Crippen LogP contribution in [0.1, 0.15) is 38.3 Å². The summed E-state index contributed by atoms with van der Waals surface area (Å²) in [4.78, 5) is 1.95. The molecule has 0 spiro atoms. The van der Waals surface area contributed by atoms with Crippen LogP contribution in [-0.2, 0) is 0 Å². The molecule has 112 valence electrons. The van der Waals surface area contributed by atoms with Crippen LogP contribution >= 0.6 is 0 Å². The van der Waals surface area contributed by atoms with Gasteiger partial charge < -0.3 is 5.32 Å². The zero-order valence-electron chi connectivity index (χ0n) is 12.3. The van der Waals surface area contributed by atoms with Crippen molar-refractivity contribution in [1.29, 1.82) is 0 Å². The van der Waals surface area contributed by atoms with E-state index in [0.717, 1.165) is 24.9 Å². The van der Waals surface area contributed by atoms with Crippen LogP contribution in [0.4, 0.5) is 8.78 Å². The molecule has 1 N–H and O–H groups in total. The van der Waals surface area contributed by atoms with Gasteiger partial charge in [0, 0.05) is 24.7 Å². The highest BCUT2D eigenvalue weighted by Crippen LogP contribution is 2.30. The van der Waals surface area contributed by atoms with E-state index >= 15 is 0 Å². The zero-order chi connectivity index (χ0) is 14.6. The Kier molecular flexibility index (Phi) is 5.11. The van der Waals surface area contributed by atoms with Gasteiger partial charge in [-0.15, -0.1) is 0 Å². The lowest BCUT2D eigenvalue weighted by atomic mass is 9.87. The fourth-order valence-electron chi connectivity index (χ4n) is 3.09. The van der Waals surface area contributed by atoms with Gasteiger partial charge in [-0.25, -0.2) is 8.78 Å². The molecule has 0 saturated carbocycles. The summed E-state index contributed by atoms with van der Waals surface area (Å²) in [5.41, 5.74) is 1.08. The van der Waals surface area contributed by atoms with Crippen molar-refractivity contribution in [1.82, 2.24) is 10.2 Å². The Morgan fingerprint density at radius 1 is 1.25 bits per heavy atom. The van der Waals surface area contributed by atoms with Crippen LogP contribution in [0.2, 0.25) is 0 Å². The lowest BCUT2D eigenvalue weighted by molar-refractivity contribution is 0.0165. The highest BCUT2D eigenvalue weighted by molar-refractivity contribution is 5.21. The van der Waals surface area contributed by atoms with Gasteiger partial charge in [0.2, 0.25) is 0 Å². The Hall–Kier alpha value is -1.00. The lowest BCUT2D eigenvalue weighted by Gasteiger charge is -2.47. The molecule has 1 unspecified atom stereocenters. The number of nitrogens with one attached hydrogen (secondary N) is 1. The third-order valence-electron chi connectivity index (χ3n) is 4.53. The summed E-state index contributed by atoms with van der Waals surface area (Å²) >= 11 is 0. The Morgan fingerprint density at radius 3 is 2.45 bits per heavy atom. The third kappa shape index (κ3) is 3.36. The smallest absolute Gasteiger partial charge is 0.251 e. The molecule has 0 aliphatic carbocycles. The summed E-state index contributed by atoms with van der Waals surface area (Å²) in [6.07, 6.45) is -0.360. The van der Waals surface area contributed by atoms with Gasteiger partial charge in [0.05, 0.1) is 6.54 Å². The minimum atomic E-state index is -2.29. The number of benzene rings is 1. The van der Waals surface area contributed by atoms with Gasteiger partial charge in [0.1, 0.15) is 0 Å². The molecule has 1 aliphatic heterocycles. The number of halogens is 2. The van der Waals surface area contributed by atoms with E-state index in [1.54, 1.807) is 0 Å². The van der Waals surface area contributed by atoms with Gasteiger partial charge in [-0.05, 0) is 18.4 Å². The average molecular weight is 282 g/mol. The summed E-state index contributed by atoms with van der Waals surface area (Å²) < 4.78 is 25.8. The monoisotopic (exact) mass is 282 g/mol. The van der Waals surface area contributed by atoms with Gasteiger partial charge in [-0.1, -0.05) is 44.2 Å². The quantitative estimate of drug-likeness (QED) is 0.889. The Morgan fingerprint density at radius 2 is 1.90 bits per heavy atom. The number of hydrogen-bond donors (Lipinski definition) is 1. The molecular weight excluding hydrogens is 258 g/mol. The summed E-state index contributed by atoms with van der Waals surface area (Å²) in [5, 5.41) is 3.60. The van der Waals surface area contributed by atoms with Crippen molar-refractivity contribution in [3.63, 3.8) is 0 Å². The number of hydrogen-bond acceptors (Lipinski definition) is 2. The predicted molar refractivity (Wildman–Crippen MR) is 78.1 cm³/mol. The van der Waals surface area contributed by atoms with Crippen LogP contribution in [0.5, 0.6) is 0 Å². The standard InChI is InChI=1S/C16H24F2N2/c1-3-16(4-2)12-20(11-15(17)18)14(10-19-16)13-8-6-5-7-9-13/h5-9,14-15,19H,3-4,10-12H2,1-2H3. The number of alkyl halides is 2. The molecule has 1 aromatic rings. The fraction of sp³-hybridized carbons (Fsp3) is 0.625. The first-order valence-electron chi connectivity index (χ1n) is 7.42. The van der Waals surface area contributed by atoms with Crippen molar-refractivity contribution in [2.75, 3.05) is 19.6 Å². The van der Waals surface area contributed by atoms with Crippen molar-refractivity contribution in [2.45, 2.75) is 44.7 Å². The third-order valence-corrected chi connectivity index (χ3v) is 4.53. The molecular formula is C16H24F2N2. The molecule has 1 fully saturated rings. The molecule has 1 atom stereocenters. The first-order chi connectivity index (χ1) is 9.60. The van der Waals surface area contributed by atoms with Crippen LogP contribution in [-0.4, -0.2) is 36.5 Å². The second-order valence-electron chi connectivity index (χ2n) is 5.62. The summed E-state index contributed by atoms with van der Waals surface area (Å²) in [5.74, 6) is 0. The van der Waals surface area contributed by atoms with Gasteiger partial charge in [0.15, 0.2) is 0 Å². The van der Waals surface area contributed by atoms with Gasteiger partial charge >= 0.3 is 0 Å². The maximum Gasteiger partial charge on any atom is 0.251 e. The van der Waals surface area contributed by atoms with Crippen LogP contribution in [0.3, 0.4) is 0 Å². The maximum absolute atomic E-state index is 12.9. The minimum Gasteiger partial charge on any atom is -0.308 e. The van der Waals surface area contributed by atoms with Crippen molar-refractivity contribution < 1.29 is 8.78 Å². The average Bonchev–Trinajstić information content (AvgIpc) is 2.47. The topological polar surface area (TPSA) is 15.3 Å². The first kappa shape index (κ1) is 15.4. The van der Waals surface area contributed by atoms with E-state index in [2.05, 4.69) is 19.2 Å². The minimum absolute atomic E-state index is 0.0276. The fourth-order valence-corrected chi connectivity index (χ4v) is 3.09. The zero-order valence-corrected chi connectivity index (χ0v) is 12.3. The summed E-state index contributed by atoms with van der Waals surface area (Å²) in [7, 11) is 0. The van der Waals surface area contributed by atoms with Crippen LogP contribution in [0.15, 0.2) is 30.3 Å². The van der Waals surface area contributed by atoms with E-state index in [9.17, 15) is 8.78 Å². The van der Waals surface area contributed by atoms with E-state index in [4.69, 9.17) is 0 Å². The molecule has 0 aromatic heterocycles. The van der Waals surface area contributed by atoms with Gasteiger partial charge in [0.25, 0.3) is 6.43 Å². The van der Waals surface area contributed by atoms with Crippen molar-refractivity contribution in [2.24, 2.45) is 0 Å². The van der Waals surface area contributed by atoms with E-state index in [-0.39, 0.29) is 18.1 Å². The molecule has 0 radical (unpaired) electrons. The second kappa shape index (κ2) is 6.64. The van der Waals surface area contributed by atoms with Crippen LogP contribution < -0.4 is 5.32 Å². The maximum atomic E-state index is 12.9. The highest BCUT2D eigenvalue weighted by atomic mass is 19.3. The predicted octanol–water partition coefficient (Wildman–Crippen LogP) is 3.46. The first-order valence-corrected chi connectivity index (χ1v) is 7.42. The number of piperazine rings is 1. The van der Waals surface area contributed by atoms with E-state index < -0.39 is 6.43 Å². The van der Waals surface area contributed by atoms with Crippen LogP contribution in [0, 0.1) is 0 Å². The van der Waals surface area contributed by atoms with E-state index in [1.807, 2.05) is 35.2 Å². The van der Waals surface area contributed by atoms with Crippen molar-refractivity contribution >= 4 is 0 Å². The molecule has 2 rings (SSSR count). The molecule has 0 amide bonds. The molecule has 1 aromatic carbocycles. The van der Waals surface area contributed by atoms with Crippen LogP contribution in [0.25, 0.3) is 0 Å². The Bertz CT molecular complexity index is 404. The molecule has 20 heavy (non-hydrogen) atoms. The number of nitrogens with zero attached hydrogens (tertiary/aromatic N) is 1. The van der Waals surface area contributed by atoms with Crippen molar-refractivity contribution in [3.05, 3.63) is 35.9 Å². The molecule has 1 saturated heterocycles.